The molecule has 0 spiro atoms. The van der Waals surface area contributed by atoms with E-state index in [9.17, 15) is 19.5 Å². The van der Waals surface area contributed by atoms with Gasteiger partial charge in [0, 0.05) is 25.4 Å². The van der Waals surface area contributed by atoms with E-state index in [1.165, 1.54) is 61.4 Å². The molecule has 0 aliphatic rings. The Hall–Kier alpha value is -5.01. The summed E-state index contributed by atoms with van der Waals surface area (Å²) in [5.41, 5.74) is 0.945. The first-order valence-corrected chi connectivity index (χ1v) is 12.1. The second kappa shape index (κ2) is 12.2. The van der Waals surface area contributed by atoms with Gasteiger partial charge in [-0.25, -0.2) is 24.0 Å². The van der Waals surface area contributed by atoms with Gasteiger partial charge in [0.1, 0.15) is 28.2 Å². The van der Waals surface area contributed by atoms with Crippen molar-refractivity contribution in [3.63, 3.8) is 0 Å². The van der Waals surface area contributed by atoms with Gasteiger partial charge in [-0.1, -0.05) is 23.2 Å². The van der Waals surface area contributed by atoms with Crippen LogP contribution in [0.2, 0.25) is 10.0 Å². The van der Waals surface area contributed by atoms with Gasteiger partial charge in [-0.15, -0.1) is 5.10 Å². The maximum absolute atomic E-state index is 12.8. The molecule has 4 rings (SSSR count). The molecule has 15 heteroatoms. The molecule has 206 valence electrons. The Bertz CT molecular complexity index is 1580. The van der Waals surface area contributed by atoms with Gasteiger partial charge in [-0.2, -0.15) is 0 Å². The van der Waals surface area contributed by atoms with Gasteiger partial charge < -0.3 is 25.2 Å². The van der Waals surface area contributed by atoms with Crippen molar-refractivity contribution in [3.05, 3.63) is 76.4 Å². The van der Waals surface area contributed by atoms with Crippen molar-refractivity contribution in [2.24, 2.45) is 0 Å². The molecule has 0 radical (unpaired) electrons. The van der Waals surface area contributed by atoms with Gasteiger partial charge in [0.15, 0.2) is 0 Å². The fourth-order valence-electron chi connectivity index (χ4n) is 3.34. The van der Waals surface area contributed by atoms with Crippen LogP contribution in [0.3, 0.4) is 0 Å². The topological polar surface area (TPSA) is 169 Å². The van der Waals surface area contributed by atoms with E-state index in [-0.39, 0.29) is 39.0 Å². The molecule has 0 unspecified atom stereocenters. The maximum Gasteiger partial charge on any atom is 0.337 e. The Morgan fingerprint density at radius 2 is 1.68 bits per heavy atom. The fourth-order valence-corrected chi connectivity index (χ4v) is 3.74. The van der Waals surface area contributed by atoms with Crippen molar-refractivity contribution in [1.29, 1.82) is 0 Å². The number of hydrogen-bond acceptors (Lipinski definition) is 8. The van der Waals surface area contributed by atoms with Crippen LogP contribution in [0.4, 0.5) is 26.9 Å². The van der Waals surface area contributed by atoms with Crippen molar-refractivity contribution in [1.82, 2.24) is 20.1 Å². The summed E-state index contributed by atoms with van der Waals surface area (Å²) in [6.45, 7) is 0. The number of aromatic hydroxyl groups is 1. The third-order valence-electron chi connectivity index (χ3n) is 5.19. The number of methoxy groups -OCH3 is 1. The van der Waals surface area contributed by atoms with Gasteiger partial charge >= 0.3 is 18.0 Å². The van der Waals surface area contributed by atoms with Gasteiger partial charge in [-0.05, 0) is 42.5 Å². The van der Waals surface area contributed by atoms with E-state index in [0.29, 0.717) is 17.0 Å². The smallest absolute Gasteiger partial charge is 0.337 e. The molecule has 4 aromatic rings. The molecule has 4 amide bonds. The van der Waals surface area contributed by atoms with Crippen LogP contribution in [0.15, 0.2) is 60.8 Å². The average molecular weight is 586 g/mol. The Morgan fingerprint density at radius 1 is 0.925 bits per heavy atom. The lowest BCUT2D eigenvalue weighted by atomic mass is 10.2. The molecule has 0 fully saturated rings. The number of urea groups is 2. The lowest BCUT2D eigenvalue weighted by molar-refractivity contribution is 0.0600. The first-order valence-electron chi connectivity index (χ1n) is 11.3. The van der Waals surface area contributed by atoms with Crippen LogP contribution >= 0.6 is 23.2 Å². The number of amides is 4. The van der Waals surface area contributed by atoms with Crippen LogP contribution in [0, 0.1) is 0 Å². The lowest BCUT2D eigenvalue weighted by Gasteiger charge is -2.14. The van der Waals surface area contributed by atoms with Crippen molar-refractivity contribution in [2.45, 2.75) is 0 Å². The quantitative estimate of drug-likeness (QED) is 0.183. The molecule has 2 heterocycles. The Labute approximate surface area is 237 Å². The predicted molar refractivity (Wildman–Crippen MR) is 148 cm³/mol. The number of ether oxygens (including phenoxy) is 2. The van der Waals surface area contributed by atoms with E-state index in [2.05, 4.69) is 36.1 Å². The van der Waals surface area contributed by atoms with Crippen molar-refractivity contribution in [3.8, 4) is 23.1 Å². The van der Waals surface area contributed by atoms with E-state index in [1.54, 1.807) is 18.2 Å². The molecule has 0 aliphatic carbocycles. The van der Waals surface area contributed by atoms with Gasteiger partial charge in [0.05, 0.1) is 29.1 Å². The zero-order chi connectivity index (χ0) is 28.8. The number of nitrogens with zero attached hydrogens (tertiary/aromatic N) is 3. The highest BCUT2D eigenvalue weighted by atomic mass is 35.5. The molecule has 2 aromatic heterocycles. The highest BCUT2D eigenvalue weighted by Gasteiger charge is 2.17. The summed E-state index contributed by atoms with van der Waals surface area (Å²) in [6, 6.07) is 12.3. The molecule has 2 aromatic carbocycles. The monoisotopic (exact) mass is 585 g/mol. The van der Waals surface area contributed by atoms with Crippen molar-refractivity contribution < 1.29 is 29.0 Å². The van der Waals surface area contributed by atoms with E-state index in [4.69, 9.17) is 27.9 Å². The summed E-state index contributed by atoms with van der Waals surface area (Å²) < 4.78 is 11.7. The third kappa shape index (κ3) is 6.51. The van der Waals surface area contributed by atoms with Crippen molar-refractivity contribution >= 4 is 58.6 Å². The molecule has 40 heavy (non-hydrogen) atoms. The third-order valence-corrected chi connectivity index (χ3v) is 6.06. The molecule has 0 saturated heterocycles. The summed E-state index contributed by atoms with van der Waals surface area (Å²) in [7, 11) is 2.74. The number of benzene rings is 2. The van der Waals surface area contributed by atoms with Crippen LogP contribution in [-0.4, -0.2) is 52.1 Å². The largest absolute Gasteiger partial charge is 0.492 e. The maximum atomic E-state index is 12.8. The van der Waals surface area contributed by atoms with Crippen LogP contribution in [0.5, 0.6) is 17.4 Å². The Morgan fingerprint density at radius 3 is 2.38 bits per heavy atom. The number of esters is 1. The highest BCUT2D eigenvalue weighted by Crippen LogP contribution is 2.39. The molecular formula is C25H21Cl2N7O6. The second-order valence-corrected chi connectivity index (χ2v) is 8.60. The molecule has 13 nitrogen and oxygen atoms in total. The van der Waals surface area contributed by atoms with Gasteiger partial charge in [-0.3, -0.25) is 10.6 Å². The molecule has 0 bridgehead atoms. The summed E-state index contributed by atoms with van der Waals surface area (Å²) in [6.07, 6.45) is 1.44. The number of pyridine rings is 1. The standard InChI is InChI=1S/C25H21Cl2N7O6/c1-28-24(37)31-18-11-15(9-10-29-18)40-17-8-7-16(21(26)22(17)27)30-25(38)32-19-12-20(35)33-34(19)14-5-3-13(4-6-14)23(36)39-2/h3-12H,1-2H3,(H,33,35)(H2,30,32,38)(H2,28,29,31,37). The number of carbonyl (C=O) groups excluding carboxylic acids is 3. The zero-order valence-electron chi connectivity index (χ0n) is 20.9. The summed E-state index contributed by atoms with van der Waals surface area (Å²) in [4.78, 5) is 40.0. The predicted octanol–water partition coefficient (Wildman–Crippen LogP) is 5.25. The second-order valence-electron chi connectivity index (χ2n) is 7.84. The number of hydrogen-bond donors (Lipinski definition) is 5. The SMILES string of the molecule is CNC(=O)Nc1cc(Oc2ccc(NC(=O)Nc3cc(O)nn3-c3ccc(C(=O)OC)cc3)c(Cl)c2Cl)ccn1. The Kier molecular flexibility index (Phi) is 8.57. The number of carbonyl (C=O) groups is 3. The van der Waals surface area contributed by atoms with Crippen LogP contribution in [0.1, 0.15) is 10.4 Å². The van der Waals surface area contributed by atoms with Crippen LogP contribution in [-0.2, 0) is 4.74 Å². The zero-order valence-corrected chi connectivity index (χ0v) is 22.4. The van der Waals surface area contributed by atoms with E-state index in [1.807, 2.05) is 0 Å². The van der Waals surface area contributed by atoms with Crippen LogP contribution in [0.25, 0.3) is 5.69 Å². The molecule has 0 aliphatic heterocycles. The van der Waals surface area contributed by atoms with Crippen molar-refractivity contribution in [2.75, 3.05) is 30.1 Å². The fraction of sp³-hybridized carbons (Fsp3) is 0.0800. The van der Waals surface area contributed by atoms with E-state index in [0.717, 1.165) is 0 Å². The average Bonchev–Trinajstić information content (AvgIpc) is 3.32. The number of nitrogens with one attached hydrogen (secondary N) is 4. The minimum atomic E-state index is -0.710. The summed E-state index contributed by atoms with van der Waals surface area (Å²) in [5.74, 6) is 0.0296. The highest BCUT2D eigenvalue weighted by molar-refractivity contribution is 6.45. The summed E-state index contributed by atoms with van der Waals surface area (Å²) in [5, 5.41) is 24.0. The lowest BCUT2D eigenvalue weighted by Crippen LogP contribution is -2.24. The molecule has 0 atom stereocenters. The summed E-state index contributed by atoms with van der Waals surface area (Å²) >= 11 is 12.8. The minimum Gasteiger partial charge on any atom is -0.492 e. The number of aromatic nitrogens is 3. The normalized spacial score (nSPS) is 10.4. The van der Waals surface area contributed by atoms with Crippen LogP contribution < -0.4 is 26.0 Å². The van der Waals surface area contributed by atoms with Gasteiger partial charge in [0.2, 0.25) is 5.88 Å². The first kappa shape index (κ1) is 28.0. The van der Waals surface area contributed by atoms with Gasteiger partial charge in [0.25, 0.3) is 0 Å². The first-order chi connectivity index (χ1) is 19.2. The number of halogens is 2. The molecule has 5 N–H and O–H groups in total. The Balaban J connectivity index is 1.47. The minimum absolute atomic E-state index is 0.00170. The molecular weight excluding hydrogens is 565 g/mol. The number of rotatable bonds is 7. The number of anilines is 3. The van der Waals surface area contributed by atoms with E-state index >= 15 is 0 Å². The molecule has 0 saturated carbocycles. The van der Waals surface area contributed by atoms with E-state index < -0.39 is 18.0 Å².